The quantitative estimate of drug-likeness (QED) is 0.577. The molecule has 0 aromatic heterocycles. The first-order chi connectivity index (χ1) is 10.6. The summed E-state index contributed by atoms with van der Waals surface area (Å²) in [5.41, 5.74) is 0. The van der Waals surface area contributed by atoms with Crippen LogP contribution in [0.15, 0.2) is 12.7 Å². The summed E-state index contributed by atoms with van der Waals surface area (Å²) in [6.07, 6.45) is 14.7. The summed E-state index contributed by atoms with van der Waals surface area (Å²) in [5.74, 6) is 1.36. The Morgan fingerprint density at radius 2 is 1.77 bits per heavy atom. The fraction of sp³-hybridized carbons (Fsp3) is 0.900. The van der Waals surface area contributed by atoms with Gasteiger partial charge in [-0.25, -0.2) is 0 Å². The molecule has 2 heteroatoms. The van der Waals surface area contributed by atoms with Crippen molar-refractivity contribution in [2.45, 2.75) is 103 Å². The smallest absolute Gasteiger partial charge is 0.0606 e. The van der Waals surface area contributed by atoms with Crippen LogP contribution in [-0.2, 0) is 9.47 Å². The predicted octanol–water partition coefficient (Wildman–Crippen LogP) is 5.51. The maximum Gasteiger partial charge on any atom is 0.0606 e. The SMILES string of the molecule is C=C[C@H](C)C[C@H]1CCCC(C[C@H]2C[C@@H](C)CC(CCC)O2)O1. The Balaban J connectivity index is 1.80. The third kappa shape index (κ3) is 5.70. The molecule has 0 radical (unpaired) electrons. The molecule has 0 amide bonds. The van der Waals surface area contributed by atoms with Crippen LogP contribution in [0.2, 0.25) is 0 Å². The highest BCUT2D eigenvalue weighted by Crippen LogP contribution is 2.33. The molecule has 0 aromatic rings. The highest BCUT2D eigenvalue weighted by Gasteiger charge is 2.31. The molecule has 0 aromatic carbocycles. The lowest BCUT2D eigenvalue weighted by molar-refractivity contribution is -0.118. The van der Waals surface area contributed by atoms with Crippen molar-refractivity contribution >= 4 is 0 Å². The van der Waals surface area contributed by atoms with Crippen LogP contribution in [-0.4, -0.2) is 24.4 Å². The standard InChI is InChI=1S/C20H36O2/c1-5-8-17-12-16(4)13-20(22-17)14-19-10-7-9-18(21-19)11-15(3)6-2/h6,15-20H,2,5,7-14H2,1,3-4H3/t15-,16-,17?,18+,19?,20+/m0/s1. The normalized spacial score (nSPS) is 37.7. The fourth-order valence-electron chi connectivity index (χ4n) is 4.17. The molecule has 6 atom stereocenters. The molecule has 2 saturated heterocycles. The van der Waals surface area contributed by atoms with Gasteiger partial charge in [0.05, 0.1) is 24.4 Å². The molecule has 2 rings (SSSR count). The molecule has 2 heterocycles. The second-order valence-electron chi connectivity index (χ2n) is 7.74. The van der Waals surface area contributed by atoms with Crippen LogP contribution < -0.4 is 0 Å². The van der Waals surface area contributed by atoms with Crippen LogP contribution in [0, 0.1) is 11.8 Å². The van der Waals surface area contributed by atoms with Crippen molar-refractivity contribution in [3.05, 3.63) is 12.7 Å². The fourth-order valence-corrected chi connectivity index (χ4v) is 4.17. The summed E-state index contributed by atoms with van der Waals surface area (Å²) in [5, 5.41) is 0. The van der Waals surface area contributed by atoms with Gasteiger partial charge in [0.1, 0.15) is 0 Å². The molecule has 0 bridgehead atoms. The number of rotatable bonds is 7. The molecular weight excluding hydrogens is 272 g/mol. The molecule has 128 valence electrons. The Morgan fingerprint density at radius 3 is 2.50 bits per heavy atom. The van der Waals surface area contributed by atoms with Gasteiger partial charge in [-0.3, -0.25) is 0 Å². The molecule has 2 nitrogen and oxygen atoms in total. The lowest BCUT2D eigenvalue weighted by atomic mass is 9.88. The van der Waals surface area contributed by atoms with E-state index in [0.717, 1.165) is 18.8 Å². The van der Waals surface area contributed by atoms with E-state index in [4.69, 9.17) is 9.47 Å². The van der Waals surface area contributed by atoms with E-state index >= 15 is 0 Å². The highest BCUT2D eigenvalue weighted by atomic mass is 16.5. The van der Waals surface area contributed by atoms with Crippen LogP contribution in [0.1, 0.15) is 78.6 Å². The molecule has 0 spiro atoms. The summed E-state index contributed by atoms with van der Waals surface area (Å²) in [6.45, 7) is 10.8. The molecule has 22 heavy (non-hydrogen) atoms. The minimum atomic E-state index is 0.411. The van der Waals surface area contributed by atoms with Crippen molar-refractivity contribution in [3.63, 3.8) is 0 Å². The molecular formula is C20H36O2. The number of hydrogen-bond donors (Lipinski definition) is 0. The van der Waals surface area contributed by atoms with E-state index in [9.17, 15) is 0 Å². The molecule has 0 aliphatic carbocycles. The first-order valence-electron chi connectivity index (χ1n) is 9.54. The topological polar surface area (TPSA) is 18.5 Å². The minimum absolute atomic E-state index is 0.411. The average Bonchev–Trinajstić information content (AvgIpc) is 2.47. The van der Waals surface area contributed by atoms with E-state index in [-0.39, 0.29) is 0 Å². The number of allylic oxidation sites excluding steroid dienone is 1. The molecule has 2 unspecified atom stereocenters. The Hall–Kier alpha value is -0.340. The van der Waals surface area contributed by atoms with Crippen molar-refractivity contribution in [1.29, 1.82) is 0 Å². The Kier molecular flexibility index (Phi) is 7.43. The van der Waals surface area contributed by atoms with Gasteiger partial charge in [-0.2, -0.15) is 0 Å². The molecule has 2 aliphatic heterocycles. The monoisotopic (exact) mass is 308 g/mol. The maximum absolute atomic E-state index is 6.36. The van der Waals surface area contributed by atoms with E-state index in [2.05, 4.69) is 27.4 Å². The van der Waals surface area contributed by atoms with Crippen LogP contribution in [0.3, 0.4) is 0 Å². The summed E-state index contributed by atoms with van der Waals surface area (Å²) >= 11 is 0. The molecule has 0 saturated carbocycles. The second-order valence-corrected chi connectivity index (χ2v) is 7.74. The van der Waals surface area contributed by atoms with E-state index in [1.54, 1.807) is 0 Å². The first kappa shape index (κ1) is 18.0. The van der Waals surface area contributed by atoms with Gasteiger partial charge in [0, 0.05) is 0 Å². The molecule has 2 fully saturated rings. The van der Waals surface area contributed by atoms with E-state index in [1.807, 2.05) is 6.08 Å². The third-order valence-corrected chi connectivity index (χ3v) is 5.33. The van der Waals surface area contributed by atoms with Crippen LogP contribution in [0.4, 0.5) is 0 Å². The van der Waals surface area contributed by atoms with Gasteiger partial charge < -0.3 is 9.47 Å². The largest absolute Gasteiger partial charge is 0.375 e. The zero-order valence-corrected chi connectivity index (χ0v) is 14.9. The van der Waals surface area contributed by atoms with Crippen LogP contribution in [0.5, 0.6) is 0 Å². The zero-order valence-electron chi connectivity index (χ0n) is 14.9. The van der Waals surface area contributed by atoms with Gasteiger partial charge >= 0.3 is 0 Å². The van der Waals surface area contributed by atoms with Gasteiger partial charge in [0.25, 0.3) is 0 Å². The number of hydrogen-bond acceptors (Lipinski definition) is 2. The van der Waals surface area contributed by atoms with Gasteiger partial charge in [-0.05, 0) is 63.2 Å². The van der Waals surface area contributed by atoms with Gasteiger partial charge in [-0.15, -0.1) is 6.58 Å². The zero-order chi connectivity index (χ0) is 15.9. The summed E-state index contributed by atoms with van der Waals surface area (Å²) in [6, 6.07) is 0. The van der Waals surface area contributed by atoms with Crippen molar-refractivity contribution in [2.75, 3.05) is 0 Å². The lowest BCUT2D eigenvalue weighted by Gasteiger charge is -2.38. The van der Waals surface area contributed by atoms with Gasteiger partial charge in [0.15, 0.2) is 0 Å². The Labute approximate surface area is 137 Å². The predicted molar refractivity (Wildman–Crippen MR) is 93.1 cm³/mol. The van der Waals surface area contributed by atoms with Gasteiger partial charge in [-0.1, -0.05) is 33.3 Å². The number of ether oxygens (including phenoxy) is 2. The van der Waals surface area contributed by atoms with Crippen molar-refractivity contribution in [2.24, 2.45) is 11.8 Å². The van der Waals surface area contributed by atoms with Crippen molar-refractivity contribution < 1.29 is 9.47 Å². The maximum atomic E-state index is 6.36. The van der Waals surface area contributed by atoms with Gasteiger partial charge in [0.2, 0.25) is 0 Å². The summed E-state index contributed by atoms with van der Waals surface area (Å²) in [4.78, 5) is 0. The Bertz CT molecular complexity index is 328. The van der Waals surface area contributed by atoms with Crippen LogP contribution in [0.25, 0.3) is 0 Å². The minimum Gasteiger partial charge on any atom is -0.375 e. The van der Waals surface area contributed by atoms with Crippen molar-refractivity contribution in [3.8, 4) is 0 Å². The average molecular weight is 309 g/mol. The van der Waals surface area contributed by atoms with E-state index in [0.29, 0.717) is 30.3 Å². The first-order valence-corrected chi connectivity index (χ1v) is 9.54. The Morgan fingerprint density at radius 1 is 1.09 bits per heavy atom. The lowest BCUT2D eigenvalue weighted by Crippen LogP contribution is -2.37. The van der Waals surface area contributed by atoms with Crippen LogP contribution >= 0.6 is 0 Å². The summed E-state index contributed by atoms with van der Waals surface area (Å²) in [7, 11) is 0. The second kappa shape index (κ2) is 9.08. The summed E-state index contributed by atoms with van der Waals surface area (Å²) < 4.78 is 12.7. The molecule has 2 aliphatic rings. The van der Waals surface area contributed by atoms with E-state index in [1.165, 1.54) is 44.9 Å². The van der Waals surface area contributed by atoms with Crippen molar-refractivity contribution in [1.82, 2.24) is 0 Å². The molecule has 0 N–H and O–H groups in total. The van der Waals surface area contributed by atoms with E-state index < -0.39 is 0 Å². The third-order valence-electron chi connectivity index (χ3n) is 5.33. The highest BCUT2D eigenvalue weighted by molar-refractivity contribution is 4.83.